The Morgan fingerprint density at radius 2 is 1.09 bits per heavy atom. The van der Waals surface area contributed by atoms with Crippen molar-refractivity contribution in [2.45, 2.75) is 57.2 Å². The third kappa shape index (κ3) is 8.82. The number of benzene rings is 4. The van der Waals surface area contributed by atoms with E-state index in [4.69, 9.17) is 14.2 Å². The number of unbranched alkanes of at least 4 members (excludes halogenated alkanes) is 3. The number of hydrogen-bond donors (Lipinski definition) is 0. The molecule has 1 aliphatic carbocycles. The Morgan fingerprint density at radius 3 is 1.57 bits per heavy atom. The smallest absolute Gasteiger partial charge is 0.338 e. The summed E-state index contributed by atoms with van der Waals surface area (Å²) in [5.74, 6) is -2.16. The molecule has 0 radical (unpaired) electrons. The van der Waals surface area contributed by atoms with E-state index < -0.39 is 30.1 Å². The van der Waals surface area contributed by atoms with E-state index in [1.165, 1.54) is 7.11 Å². The highest BCUT2D eigenvalue weighted by Crippen LogP contribution is 2.39. The monoisotopic (exact) mass is 632 g/mol. The molecule has 5 rings (SSSR count). The number of ether oxygens (including phenoxy) is 3. The van der Waals surface area contributed by atoms with Gasteiger partial charge in [-0.2, -0.15) is 0 Å². The van der Waals surface area contributed by atoms with Crippen LogP contribution in [0.4, 0.5) is 0 Å². The highest BCUT2D eigenvalue weighted by molar-refractivity contribution is 5.91. The lowest BCUT2D eigenvalue weighted by Crippen LogP contribution is -2.28. The molecule has 0 spiro atoms. The maximum atomic E-state index is 13.3. The van der Waals surface area contributed by atoms with Gasteiger partial charge in [-0.05, 0) is 59.4 Å². The van der Waals surface area contributed by atoms with Crippen molar-refractivity contribution >= 4 is 24.2 Å². The Labute approximate surface area is 275 Å². The SMILES string of the molecule is COC(=O)CCCCCCC1C(OC(=O)c2ccc(-c3ccccc3)cc2)CC(OC(=O)c2ccc(-c3ccccc3)cc2)C1C=O. The van der Waals surface area contributed by atoms with Crippen molar-refractivity contribution in [2.75, 3.05) is 7.11 Å². The zero-order valence-electron chi connectivity index (χ0n) is 26.6. The van der Waals surface area contributed by atoms with Crippen LogP contribution < -0.4 is 0 Å². The zero-order valence-corrected chi connectivity index (χ0v) is 26.6. The fourth-order valence-corrected chi connectivity index (χ4v) is 6.29. The zero-order chi connectivity index (χ0) is 33.0. The molecule has 0 aliphatic heterocycles. The molecule has 0 bridgehead atoms. The molecule has 1 aliphatic rings. The Kier molecular flexibility index (Phi) is 11.7. The van der Waals surface area contributed by atoms with Gasteiger partial charge in [-0.15, -0.1) is 0 Å². The lowest BCUT2D eigenvalue weighted by Gasteiger charge is -2.23. The van der Waals surface area contributed by atoms with Crippen LogP contribution in [0.2, 0.25) is 0 Å². The molecule has 0 N–H and O–H groups in total. The van der Waals surface area contributed by atoms with Crippen LogP contribution in [0.5, 0.6) is 0 Å². The lowest BCUT2D eigenvalue weighted by molar-refractivity contribution is -0.140. The first-order valence-electron chi connectivity index (χ1n) is 16.2. The second-order valence-electron chi connectivity index (χ2n) is 11.9. The molecule has 0 heterocycles. The van der Waals surface area contributed by atoms with E-state index in [1.807, 2.05) is 84.9 Å². The predicted octanol–water partition coefficient (Wildman–Crippen LogP) is 8.12. The minimum absolute atomic E-state index is 0.232. The molecule has 0 saturated heterocycles. The van der Waals surface area contributed by atoms with E-state index in [-0.39, 0.29) is 18.3 Å². The maximum absolute atomic E-state index is 13.3. The fraction of sp³-hybridized carbons (Fsp3) is 0.300. The minimum Gasteiger partial charge on any atom is -0.469 e. The highest BCUT2D eigenvalue weighted by atomic mass is 16.6. The number of hydrogen-bond acceptors (Lipinski definition) is 7. The van der Waals surface area contributed by atoms with Gasteiger partial charge in [0.05, 0.1) is 24.2 Å². The van der Waals surface area contributed by atoms with E-state index in [9.17, 15) is 19.2 Å². The van der Waals surface area contributed by atoms with Crippen molar-refractivity contribution in [3.63, 3.8) is 0 Å². The predicted molar refractivity (Wildman–Crippen MR) is 180 cm³/mol. The van der Waals surface area contributed by atoms with Crippen LogP contribution in [0, 0.1) is 11.8 Å². The van der Waals surface area contributed by atoms with Crippen molar-refractivity contribution in [1.82, 2.24) is 0 Å². The van der Waals surface area contributed by atoms with Gasteiger partial charge in [0.15, 0.2) is 0 Å². The van der Waals surface area contributed by atoms with Crippen LogP contribution in [0.25, 0.3) is 22.3 Å². The molecule has 1 saturated carbocycles. The highest BCUT2D eigenvalue weighted by Gasteiger charge is 2.47. The number of rotatable bonds is 14. The molecule has 7 heteroatoms. The lowest BCUT2D eigenvalue weighted by atomic mass is 9.89. The molecule has 4 unspecified atom stereocenters. The summed E-state index contributed by atoms with van der Waals surface area (Å²) in [6, 6.07) is 34.2. The van der Waals surface area contributed by atoms with Crippen LogP contribution in [0.3, 0.4) is 0 Å². The van der Waals surface area contributed by atoms with Gasteiger partial charge in [-0.1, -0.05) is 104 Å². The van der Waals surface area contributed by atoms with Gasteiger partial charge in [0.1, 0.15) is 18.5 Å². The van der Waals surface area contributed by atoms with Gasteiger partial charge in [0, 0.05) is 18.8 Å². The molecule has 0 aromatic heterocycles. The van der Waals surface area contributed by atoms with E-state index in [1.54, 1.807) is 24.3 Å². The van der Waals surface area contributed by atoms with E-state index in [0.29, 0.717) is 24.0 Å². The van der Waals surface area contributed by atoms with Gasteiger partial charge < -0.3 is 19.0 Å². The Balaban J connectivity index is 1.26. The first-order chi connectivity index (χ1) is 23.0. The number of carbonyl (C=O) groups is 4. The van der Waals surface area contributed by atoms with Gasteiger partial charge in [-0.25, -0.2) is 9.59 Å². The molecule has 4 atom stereocenters. The average molecular weight is 633 g/mol. The second kappa shape index (κ2) is 16.5. The van der Waals surface area contributed by atoms with Crippen LogP contribution in [-0.2, 0) is 23.8 Å². The number of carbonyl (C=O) groups excluding carboxylic acids is 4. The standard InChI is InChI=1S/C40H40O7/c1-45-38(42)17-11-3-2-10-16-34-35(27-41)37(47-40(44)33-24-20-31(21-25-33)29-14-8-5-9-15-29)26-36(34)46-39(43)32-22-18-30(19-23-32)28-12-6-4-7-13-28/h4-9,12-15,18-25,27,34-37H,2-3,10-11,16-17,26H2,1H3. The summed E-state index contributed by atoms with van der Waals surface area (Å²) in [7, 11) is 1.38. The summed E-state index contributed by atoms with van der Waals surface area (Å²) in [5.41, 5.74) is 4.84. The number of aldehydes is 1. The van der Waals surface area contributed by atoms with Crippen molar-refractivity contribution in [2.24, 2.45) is 11.8 Å². The Hall–Kier alpha value is -5.04. The summed E-state index contributed by atoms with van der Waals surface area (Å²) in [5, 5.41) is 0. The third-order valence-corrected chi connectivity index (χ3v) is 8.89. The van der Waals surface area contributed by atoms with Gasteiger partial charge >= 0.3 is 17.9 Å². The molecule has 47 heavy (non-hydrogen) atoms. The van der Waals surface area contributed by atoms with Crippen molar-refractivity contribution in [1.29, 1.82) is 0 Å². The summed E-state index contributed by atoms with van der Waals surface area (Å²) in [6.45, 7) is 0. The maximum Gasteiger partial charge on any atom is 0.338 e. The summed E-state index contributed by atoms with van der Waals surface area (Å²) >= 11 is 0. The molecular weight excluding hydrogens is 592 g/mol. The molecule has 0 amide bonds. The molecule has 1 fully saturated rings. The van der Waals surface area contributed by atoms with Crippen LogP contribution >= 0.6 is 0 Å². The summed E-state index contributed by atoms with van der Waals surface area (Å²) in [6.07, 6.45) is 3.90. The molecule has 4 aromatic rings. The normalized spacial score (nSPS) is 18.7. The van der Waals surface area contributed by atoms with Crippen LogP contribution in [-0.4, -0.2) is 43.5 Å². The second-order valence-corrected chi connectivity index (χ2v) is 11.9. The van der Waals surface area contributed by atoms with Crippen LogP contribution in [0.1, 0.15) is 65.7 Å². The largest absolute Gasteiger partial charge is 0.469 e. The summed E-state index contributed by atoms with van der Waals surface area (Å²) < 4.78 is 16.7. The van der Waals surface area contributed by atoms with Gasteiger partial charge in [-0.3, -0.25) is 4.79 Å². The fourth-order valence-electron chi connectivity index (χ4n) is 6.29. The molecule has 242 valence electrons. The van der Waals surface area contributed by atoms with Gasteiger partial charge in [0.2, 0.25) is 0 Å². The Morgan fingerprint density at radius 1 is 0.617 bits per heavy atom. The Bertz CT molecular complexity index is 1620. The number of methoxy groups -OCH3 is 1. The van der Waals surface area contributed by atoms with E-state index in [2.05, 4.69) is 0 Å². The quantitative estimate of drug-likeness (QED) is 0.0600. The topological polar surface area (TPSA) is 96.0 Å². The average Bonchev–Trinajstić information content (AvgIpc) is 3.44. The first-order valence-corrected chi connectivity index (χ1v) is 16.2. The minimum atomic E-state index is -0.726. The molecule has 4 aromatic carbocycles. The van der Waals surface area contributed by atoms with Crippen molar-refractivity contribution in [3.8, 4) is 22.3 Å². The van der Waals surface area contributed by atoms with E-state index in [0.717, 1.165) is 54.2 Å². The first kappa shape index (κ1) is 33.3. The number of esters is 3. The van der Waals surface area contributed by atoms with E-state index >= 15 is 0 Å². The van der Waals surface area contributed by atoms with Crippen molar-refractivity contribution in [3.05, 3.63) is 120 Å². The van der Waals surface area contributed by atoms with Crippen LogP contribution in [0.15, 0.2) is 109 Å². The summed E-state index contributed by atoms with van der Waals surface area (Å²) in [4.78, 5) is 50.5. The van der Waals surface area contributed by atoms with Gasteiger partial charge in [0.25, 0.3) is 0 Å². The molecule has 7 nitrogen and oxygen atoms in total. The third-order valence-electron chi connectivity index (χ3n) is 8.89. The van der Waals surface area contributed by atoms with Crippen molar-refractivity contribution < 1.29 is 33.4 Å². The molecular formula is C40H40O7.